The van der Waals surface area contributed by atoms with Crippen molar-refractivity contribution < 1.29 is 9.05 Å². The van der Waals surface area contributed by atoms with Crippen LogP contribution in [0.3, 0.4) is 0 Å². The Morgan fingerprint density at radius 2 is 1.35 bits per heavy atom. The van der Waals surface area contributed by atoms with Gasteiger partial charge in [-0.25, -0.2) is 0 Å². The summed E-state index contributed by atoms with van der Waals surface area (Å²) < 4.78 is 11.6. The highest BCUT2D eigenvalue weighted by molar-refractivity contribution is 8.13. The molecule has 23 heavy (non-hydrogen) atoms. The second kappa shape index (κ2) is 8.12. The maximum Gasteiger partial charge on any atom is 0.269 e. The lowest BCUT2D eigenvalue weighted by Gasteiger charge is -2.24. The predicted molar refractivity (Wildman–Crippen MR) is 104 cm³/mol. The molecule has 0 saturated heterocycles. The molecule has 2 aromatic rings. The molecule has 9 heteroatoms. The predicted octanol–water partition coefficient (Wildman–Crippen LogP) is 7.00. The van der Waals surface area contributed by atoms with Crippen LogP contribution in [-0.2, 0) is 16.3 Å². The van der Waals surface area contributed by atoms with Gasteiger partial charge in [-0.15, -0.1) is 0 Å². The molecule has 0 aliphatic heterocycles. The summed E-state index contributed by atoms with van der Waals surface area (Å²) in [5.74, 6) is 0.0633. The number of hydrogen-bond acceptors (Lipinski definition) is 3. The Morgan fingerprint density at radius 1 is 0.870 bits per heavy atom. The monoisotopic (exact) mass is 448 g/mol. The molecular formula is C14H10Cl5O2PS. The van der Waals surface area contributed by atoms with Gasteiger partial charge in [0.25, 0.3) is 6.49 Å². The van der Waals surface area contributed by atoms with Crippen molar-refractivity contribution in [2.24, 2.45) is 0 Å². The molecule has 0 aliphatic rings. The van der Waals surface area contributed by atoms with Gasteiger partial charge in [-0.1, -0.05) is 76.2 Å². The Balaban J connectivity index is 2.57. The molecule has 0 saturated carbocycles. The minimum atomic E-state index is -2.90. The van der Waals surface area contributed by atoms with E-state index in [1.165, 1.54) is 0 Å². The molecule has 0 aliphatic carbocycles. The summed E-state index contributed by atoms with van der Waals surface area (Å²) >= 11 is 36.1. The topological polar surface area (TPSA) is 18.5 Å². The number of hydrogen-bond donors (Lipinski definition) is 0. The second-order valence-electron chi connectivity index (χ2n) is 4.24. The maximum absolute atomic E-state index is 6.20. The SMILES string of the molecule is CCOP(=S)(Oc1c(Cl)c(Cl)c(Cl)c(Cl)c1Cl)c1ccccc1. The summed E-state index contributed by atoms with van der Waals surface area (Å²) in [6, 6.07) is 9.17. The number of rotatable bonds is 5. The van der Waals surface area contributed by atoms with Gasteiger partial charge in [0, 0.05) is 5.30 Å². The van der Waals surface area contributed by atoms with E-state index in [9.17, 15) is 0 Å². The fourth-order valence-corrected chi connectivity index (χ4v) is 5.54. The van der Waals surface area contributed by atoms with Crippen molar-refractivity contribution in [2.45, 2.75) is 6.92 Å². The minimum absolute atomic E-state index is 0.0379. The van der Waals surface area contributed by atoms with Crippen LogP contribution in [0.4, 0.5) is 0 Å². The summed E-state index contributed by atoms with van der Waals surface area (Å²) in [4.78, 5) is 0. The van der Waals surface area contributed by atoms with Gasteiger partial charge in [-0.05, 0) is 30.9 Å². The number of benzene rings is 2. The van der Waals surface area contributed by atoms with Gasteiger partial charge in [-0.3, -0.25) is 0 Å². The Kier molecular flexibility index (Phi) is 6.93. The van der Waals surface area contributed by atoms with Crippen LogP contribution in [0.2, 0.25) is 25.1 Å². The molecule has 2 rings (SSSR count). The first-order valence-electron chi connectivity index (χ1n) is 6.33. The fourth-order valence-electron chi connectivity index (χ4n) is 1.72. The zero-order chi connectivity index (χ0) is 17.2. The quantitative estimate of drug-likeness (QED) is 0.277. The van der Waals surface area contributed by atoms with Crippen LogP contribution in [0.25, 0.3) is 0 Å². The first-order valence-corrected chi connectivity index (χ1v) is 10.9. The minimum Gasteiger partial charge on any atom is -0.437 e. The van der Waals surface area contributed by atoms with Crippen molar-refractivity contribution in [1.82, 2.24) is 0 Å². The van der Waals surface area contributed by atoms with Crippen LogP contribution in [0, 0.1) is 0 Å². The summed E-state index contributed by atoms with van der Waals surface area (Å²) in [6.07, 6.45) is 0. The average molecular weight is 451 g/mol. The van der Waals surface area contributed by atoms with Crippen LogP contribution in [0.15, 0.2) is 30.3 Å². The van der Waals surface area contributed by atoms with Crippen LogP contribution in [-0.4, -0.2) is 6.61 Å². The van der Waals surface area contributed by atoms with Crippen LogP contribution in [0.1, 0.15) is 6.92 Å². The summed E-state index contributed by atoms with van der Waals surface area (Å²) in [5.41, 5.74) is 0. The smallest absolute Gasteiger partial charge is 0.269 e. The molecule has 0 N–H and O–H groups in total. The van der Waals surface area contributed by atoms with Gasteiger partial charge >= 0.3 is 0 Å². The highest BCUT2D eigenvalue weighted by Crippen LogP contribution is 2.55. The van der Waals surface area contributed by atoms with E-state index in [0.717, 1.165) is 0 Å². The molecule has 0 bridgehead atoms. The Bertz CT molecular complexity index is 741. The lowest BCUT2D eigenvalue weighted by Crippen LogP contribution is -2.12. The lowest BCUT2D eigenvalue weighted by molar-refractivity contribution is 0.339. The van der Waals surface area contributed by atoms with Crippen molar-refractivity contribution in [1.29, 1.82) is 0 Å². The van der Waals surface area contributed by atoms with Gasteiger partial charge in [0.2, 0.25) is 0 Å². The van der Waals surface area contributed by atoms with Crippen LogP contribution >= 0.6 is 64.5 Å². The normalized spacial score (nSPS) is 13.7. The number of halogens is 5. The third-order valence-corrected chi connectivity index (χ3v) is 8.12. The van der Waals surface area contributed by atoms with Crippen molar-refractivity contribution in [3.05, 3.63) is 55.4 Å². The molecule has 2 aromatic carbocycles. The van der Waals surface area contributed by atoms with Crippen molar-refractivity contribution in [3.63, 3.8) is 0 Å². The first kappa shape index (κ1) is 19.6. The first-order chi connectivity index (χ1) is 10.8. The molecule has 124 valence electrons. The standard InChI is InChI=1S/C14H10Cl5O2PS/c1-2-20-22(23,8-6-4-3-5-7-8)21-14-12(18)10(16)9(15)11(17)13(14)19/h3-7H,2H2,1H3. The van der Waals surface area contributed by atoms with Gasteiger partial charge < -0.3 is 9.05 Å². The van der Waals surface area contributed by atoms with Crippen molar-refractivity contribution in [3.8, 4) is 5.75 Å². The van der Waals surface area contributed by atoms with E-state index in [4.69, 9.17) is 78.9 Å². The lowest BCUT2D eigenvalue weighted by atomic mass is 10.3. The highest BCUT2D eigenvalue weighted by Gasteiger charge is 2.28. The average Bonchev–Trinajstić information content (AvgIpc) is 2.56. The van der Waals surface area contributed by atoms with Crippen LogP contribution < -0.4 is 9.83 Å². The van der Waals surface area contributed by atoms with E-state index in [-0.39, 0.29) is 30.9 Å². The van der Waals surface area contributed by atoms with Crippen molar-refractivity contribution >= 4 is 81.6 Å². The van der Waals surface area contributed by atoms with E-state index in [0.29, 0.717) is 11.9 Å². The summed E-state index contributed by atoms with van der Waals surface area (Å²) in [7, 11) is 0. The highest BCUT2D eigenvalue weighted by atomic mass is 35.5. The molecule has 1 unspecified atom stereocenters. The third-order valence-electron chi connectivity index (χ3n) is 2.75. The maximum atomic E-state index is 6.20. The van der Waals surface area contributed by atoms with E-state index in [2.05, 4.69) is 0 Å². The molecule has 0 amide bonds. The van der Waals surface area contributed by atoms with Crippen LogP contribution in [0.5, 0.6) is 5.75 Å². The Hall–Kier alpha value is 0.300. The molecule has 0 spiro atoms. The van der Waals surface area contributed by atoms with E-state index >= 15 is 0 Å². The molecule has 0 radical (unpaired) electrons. The zero-order valence-corrected chi connectivity index (χ0v) is 17.1. The van der Waals surface area contributed by atoms with Crippen molar-refractivity contribution in [2.75, 3.05) is 6.61 Å². The summed E-state index contributed by atoms with van der Waals surface area (Å²) in [5, 5.41) is 0.936. The third kappa shape index (κ3) is 4.11. The molecule has 0 aromatic heterocycles. The zero-order valence-electron chi connectivity index (χ0n) is 11.7. The van der Waals surface area contributed by atoms with E-state index in [1.54, 1.807) is 0 Å². The molecular weight excluding hydrogens is 440 g/mol. The second-order valence-corrected chi connectivity index (χ2v) is 9.53. The van der Waals surface area contributed by atoms with Gasteiger partial charge in [0.15, 0.2) is 5.75 Å². The largest absolute Gasteiger partial charge is 0.437 e. The Morgan fingerprint density at radius 3 is 1.83 bits per heavy atom. The Labute approximate surface area is 164 Å². The van der Waals surface area contributed by atoms with Gasteiger partial charge in [-0.2, -0.15) is 0 Å². The summed E-state index contributed by atoms with van der Waals surface area (Å²) in [6.45, 7) is -0.723. The van der Waals surface area contributed by atoms with E-state index in [1.807, 2.05) is 37.3 Å². The molecule has 1 atom stereocenters. The fraction of sp³-hybridized carbons (Fsp3) is 0.143. The molecule has 2 nitrogen and oxygen atoms in total. The van der Waals surface area contributed by atoms with Gasteiger partial charge in [0.05, 0.1) is 21.7 Å². The van der Waals surface area contributed by atoms with E-state index < -0.39 is 6.49 Å². The molecule has 0 heterocycles. The molecule has 0 fully saturated rings. The van der Waals surface area contributed by atoms with Gasteiger partial charge in [0.1, 0.15) is 10.0 Å².